The van der Waals surface area contributed by atoms with Crippen molar-refractivity contribution in [2.45, 2.75) is 44.4 Å². The average Bonchev–Trinajstić information content (AvgIpc) is 2.54. The quantitative estimate of drug-likeness (QED) is 0.707. The number of aliphatic hydroxyl groups is 2. The maximum Gasteiger partial charge on any atom is 0.410 e. The second-order valence-electron chi connectivity index (χ2n) is 5.46. The maximum atomic E-state index is 11.9. The fourth-order valence-corrected chi connectivity index (χ4v) is 1.85. The van der Waals surface area contributed by atoms with E-state index in [1.807, 2.05) is 0 Å². The molecule has 0 unspecified atom stereocenters. The average molecular weight is 243 g/mol. The van der Waals surface area contributed by atoms with Crippen LogP contribution in [0.25, 0.3) is 0 Å². The second kappa shape index (κ2) is 4.66. The highest BCUT2D eigenvalue weighted by Crippen LogP contribution is 2.29. The number of ether oxygens (including phenoxy) is 1. The van der Waals surface area contributed by atoms with E-state index in [2.05, 4.69) is 6.58 Å². The lowest BCUT2D eigenvalue weighted by atomic mass is 10.0. The summed E-state index contributed by atoms with van der Waals surface area (Å²) in [7, 11) is 0. The van der Waals surface area contributed by atoms with Crippen LogP contribution in [0.5, 0.6) is 0 Å². The summed E-state index contributed by atoms with van der Waals surface area (Å²) in [5, 5.41) is 19.3. The molecule has 1 heterocycles. The van der Waals surface area contributed by atoms with E-state index in [1.54, 1.807) is 20.8 Å². The highest BCUT2D eigenvalue weighted by atomic mass is 16.6. The van der Waals surface area contributed by atoms with Gasteiger partial charge in [-0.1, -0.05) is 6.08 Å². The van der Waals surface area contributed by atoms with Crippen molar-refractivity contribution in [1.29, 1.82) is 0 Å². The number of aliphatic hydroxyl groups excluding tert-OH is 1. The summed E-state index contributed by atoms with van der Waals surface area (Å²) in [6, 6.07) is -0.423. The Labute approximate surface area is 102 Å². The van der Waals surface area contributed by atoms with E-state index in [0.29, 0.717) is 0 Å². The third kappa shape index (κ3) is 3.44. The van der Waals surface area contributed by atoms with Crippen LogP contribution in [0.1, 0.15) is 27.2 Å². The zero-order valence-corrected chi connectivity index (χ0v) is 10.6. The summed E-state index contributed by atoms with van der Waals surface area (Å²) >= 11 is 0. The van der Waals surface area contributed by atoms with Gasteiger partial charge in [-0.3, -0.25) is 4.90 Å². The van der Waals surface area contributed by atoms with Gasteiger partial charge in [0.15, 0.2) is 0 Å². The van der Waals surface area contributed by atoms with Crippen LogP contribution < -0.4 is 0 Å². The molecular formula is C12H21NO4. The van der Waals surface area contributed by atoms with Gasteiger partial charge in [-0.2, -0.15) is 0 Å². The first-order chi connectivity index (χ1) is 7.71. The molecule has 5 heteroatoms. The van der Waals surface area contributed by atoms with Crippen molar-refractivity contribution in [2.75, 3.05) is 13.2 Å². The van der Waals surface area contributed by atoms with Gasteiger partial charge >= 0.3 is 6.09 Å². The van der Waals surface area contributed by atoms with Gasteiger partial charge in [0.25, 0.3) is 0 Å². The Morgan fingerprint density at radius 1 is 1.65 bits per heavy atom. The summed E-state index contributed by atoms with van der Waals surface area (Å²) < 4.78 is 5.22. The van der Waals surface area contributed by atoms with Crippen molar-refractivity contribution < 1.29 is 19.7 Å². The van der Waals surface area contributed by atoms with E-state index in [0.717, 1.165) is 0 Å². The molecule has 1 aliphatic rings. The summed E-state index contributed by atoms with van der Waals surface area (Å²) in [5.41, 5.74) is -1.73. The normalized spacial score (nSPS) is 29.2. The van der Waals surface area contributed by atoms with Gasteiger partial charge in [-0.05, 0) is 20.8 Å². The number of amides is 1. The third-order valence-electron chi connectivity index (χ3n) is 2.69. The number of hydrogen-bond acceptors (Lipinski definition) is 4. The minimum atomic E-state index is -1.13. The molecule has 0 spiro atoms. The summed E-state index contributed by atoms with van der Waals surface area (Å²) in [5.74, 6) is 0. The Balaban J connectivity index is 2.76. The molecule has 0 bridgehead atoms. The highest BCUT2D eigenvalue weighted by Gasteiger charge is 2.44. The first-order valence-electron chi connectivity index (χ1n) is 5.67. The summed E-state index contributed by atoms with van der Waals surface area (Å²) in [6.45, 7) is 8.77. The topological polar surface area (TPSA) is 70.0 Å². The SMILES string of the molecule is C=C[C@@]1(O)C[C@H](CO)N(C(=O)OC(C)(C)C)C1. The number of carbonyl (C=O) groups excluding carboxylic acids is 1. The molecule has 0 aromatic rings. The van der Waals surface area contributed by atoms with Gasteiger partial charge in [0, 0.05) is 6.42 Å². The number of rotatable bonds is 2. The summed E-state index contributed by atoms with van der Waals surface area (Å²) in [4.78, 5) is 13.2. The zero-order valence-electron chi connectivity index (χ0n) is 10.6. The summed E-state index contributed by atoms with van der Waals surface area (Å²) in [6.07, 6.45) is 1.17. The Morgan fingerprint density at radius 2 is 2.24 bits per heavy atom. The monoisotopic (exact) mass is 243 g/mol. The standard InChI is InChI=1S/C12H21NO4/c1-5-12(16)6-9(7-14)13(8-12)10(15)17-11(2,3)4/h5,9,14,16H,1,6-8H2,2-4H3/t9-,12-/m1/s1. The van der Waals surface area contributed by atoms with Crippen molar-refractivity contribution in [3.8, 4) is 0 Å². The van der Waals surface area contributed by atoms with Crippen molar-refractivity contribution in [1.82, 2.24) is 4.90 Å². The molecule has 17 heavy (non-hydrogen) atoms. The van der Waals surface area contributed by atoms with Gasteiger partial charge in [0.2, 0.25) is 0 Å². The Hall–Kier alpha value is -1.07. The van der Waals surface area contributed by atoms with E-state index in [1.165, 1.54) is 11.0 Å². The van der Waals surface area contributed by atoms with Crippen LogP contribution in [-0.2, 0) is 4.74 Å². The lowest BCUT2D eigenvalue weighted by Gasteiger charge is -2.27. The number of likely N-dealkylation sites (tertiary alicyclic amines) is 1. The number of carbonyl (C=O) groups is 1. The molecule has 1 aliphatic heterocycles. The highest BCUT2D eigenvalue weighted by molar-refractivity contribution is 5.69. The molecule has 2 N–H and O–H groups in total. The van der Waals surface area contributed by atoms with Crippen LogP contribution in [0, 0.1) is 0 Å². The lowest BCUT2D eigenvalue weighted by Crippen LogP contribution is -2.42. The predicted octanol–water partition coefficient (Wildman–Crippen LogP) is 0.905. The molecule has 2 atom stereocenters. The van der Waals surface area contributed by atoms with Crippen molar-refractivity contribution in [2.24, 2.45) is 0 Å². The van der Waals surface area contributed by atoms with Gasteiger partial charge in [-0.25, -0.2) is 4.79 Å². The maximum absolute atomic E-state index is 11.9. The van der Waals surface area contributed by atoms with Gasteiger partial charge in [0.1, 0.15) is 11.2 Å². The molecule has 0 radical (unpaired) electrons. The van der Waals surface area contributed by atoms with Crippen LogP contribution in [0.3, 0.4) is 0 Å². The van der Waals surface area contributed by atoms with E-state index in [-0.39, 0.29) is 19.6 Å². The molecule has 1 fully saturated rings. The van der Waals surface area contributed by atoms with Crippen LogP contribution in [0.4, 0.5) is 4.79 Å². The van der Waals surface area contributed by atoms with E-state index >= 15 is 0 Å². The van der Waals surface area contributed by atoms with Crippen LogP contribution in [0.15, 0.2) is 12.7 Å². The van der Waals surface area contributed by atoms with E-state index in [9.17, 15) is 15.0 Å². The first-order valence-corrected chi connectivity index (χ1v) is 5.67. The molecule has 0 aromatic heterocycles. The first kappa shape index (κ1) is 14.0. The van der Waals surface area contributed by atoms with E-state index in [4.69, 9.17) is 4.74 Å². The van der Waals surface area contributed by atoms with Gasteiger partial charge < -0.3 is 14.9 Å². The molecule has 1 saturated heterocycles. The molecule has 0 aromatic carbocycles. The zero-order chi connectivity index (χ0) is 13.3. The lowest BCUT2D eigenvalue weighted by molar-refractivity contribution is 0.0142. The van der Waals surface area contributed by atoms with Crippen molar-refractivity contribution in [3.05, 3.63) is 12.7 Å². The second-order valence-corrected chi connectivity index (χ2v) is 5.46. The van der Waals surface area contributed by atoms with Gasteiger partial charge in [0.05, 0.1) is 19.2 Å². The Kier molecular flexibility index (Phi) is 3.84. The number of nitrogens with zero attached hydrogens (tertiary/aromatic N) is 1. The number of β-amino-alcohol motifs (C(OH)–C–C–N with tert-alkyl or cyclic N) is 1. The molecule has 1 rings (SSSR count). The van der Waals surface area contributed by atoms with Crippen LogP contribution >= 0.6 is 0 Å². The Bertz CT molecular complexity index is 310. The Morgan fingerprint density at radius 3 is 2.65 bits per heavy atom. The fourth-order valence-electron chi connectivity index (χ4n) is 1.85. The minimum absolute atomic E-state index is 0.108. The van der Waals surface area contributed by atoms with Gasteiger partial charge in [-0.15, -0.1) is 6.58 Å². The van der Waals surface area contributed by atoms with Crippen molar-refractivity contribution in [3.63, 3.8) is 0 Å². The largest absolute Gasteiger partial charge is 0.444 e. The predicted molar refractivity (Wildman–Crippen MR) is 63.6 cm³/mol. The molecule has 0 aliphatic carbocycles. The molecule has 1 amide bonds. The third-order valence-corrected chi connectivity index (χ3v) is 2.69. The molecular weight excluding hydrogens is 222 g/mol. The molecule has 5 nitrogen and oxygen atoms in total. The smallest absolute Gasteiger partial charge is 0.410 e. The van der Waals surface area contributed by atoms with Crippen LogP contribution in [0.2, 0.25) is 0 Å². The molecule has 98 valence electrons. The van der Waals surface area contributed by atoms with Crippen molar-refractivity contribution >= 4 is 6.09 Å². The van der Waals surface area contributed by atoms with Crippen LogP contribution in [-0.4, -0.2) is 51.6 Å². The fraction of sp³-hybridized carbons (Fsp3) is 0.750. The molecule has 0 saturated carbocycles. The van der Waals surface area contributed by atoms with E-state index < -0.39 is 23.3 Å². The minimum Gasteiger partial charge on any atom is -0.444 e. The number of hydrogen-bond donors (Lipinski definition) is 2.